The number of carbonyl (C=O) groups is 1. The fourth-order valence-corrected chi connectivity index (χ4v) is 4.43. The van der Waals surface area contributed by atoms with E-state index >= 15 is 0 Å². The molecule has 26 heavy (non-hydrogen) atoms. The number of Topliss-reactive ketones (excluding diaryl/α,β-unsaturated/α-hetero) is 1. The predicted molar refractivity (Wildman–Crippen MR) is 114 cm³/mol. The topological polar surface area (TPSA) is 17.1 Å². The van der Waals surface area contributed by atoms with E-state index in [1.807, 2.05) is 31.2 Å². The van der Waals surface area contributed by atoms with Gasteiger partial charge in [-0.25, -0.2) is 0 Å². The van der Waals surface area contributed by atoms with Crippen LogP contribution in [0.3, 0.4) is 0 Å². The summed E-state index contributed by atoms with van der Waals surface area (Å²) in [5, 5.41) is 0.748. The molecule has 1 unspecified atom stereocenters. The van der Waals surface area contributed by atoms with Crippen molar-refractivity contribution >= 4 is 38.9 Å². The molecule has 0 saturated heterocycles. The second kappa shape index (κ2) is 8.10. The average molecular weight is 432 g/mol. The molecule has 0 heterocycles. The van der Waals surface area contributed by atoms with Crippen molar-refractivity contribution in [2.45, 2.75) is 46.0 Å². The summed E-state index contributed by atoms with van der Waals surface area (Å²) in [4.78, 5) is 13.4. The lowest BCUT2D eigenvalue weighted by Crippen LogP contribution is -2.24. The van der Waals surface area contributed by atoms with Gasteiger partial charge in [0.05, 0.1) is 0 Å². The van der Waals surface area contributed by atoms with E-state index in [2.05, 4.69) is 48.0 Å². The molecule has 0 aliphatic heterocycles. The van der Waals surface area contributed by atoms with Crippen LogP contribution < -0.4 is 0 Å². The molecule has 2 aromatic rings. The number of ketones is 1. The second-order valence-corrected chi connectivity index (χ2v) is 8.66. The number of carbonyl (C=O) groups excluding carboxylic acids is 1. The molecule has 0 bridgehead atoms. The Bertz CT molecular complexity index is 867. The molecule has 0 amide bonds. The van der Waals surface area contributed by atoms with E-state index in [0.717, 1.165) is 39.9 Å². The number of benzene rings is 2. The van der Waals surface area contributed by atoms with Crippen molar-refractivity contribution in [3.05, 3.63) is 74.2 Å². The molecule has 3 heteroatoms. The quantitative estimate of drug-likeness (QED) is 0.476. The van der Waals surface area contributed by atoms with Crippen molar-refractivity contribution in [2.24, 2.45) is 5.92 Å². The molecule has 0 spiro atoms. The van der Waals surface area contributed by atoms with Crippen LogP contribution in [0.15, 0.2) is 46.9 Å². The van der Waals surface area contributed by atoms with Crippen LogP contribution in [0.1, 0.15) is 55.4 Å². The highest BCUT2D eigenvalue weighted by Gasteiger charge is 2.28. The summed E-state index contributed by atoms with van der Waals surface area (Å²) >= 11 is 9.72. The molecule has 1 aliphatic rings. The number of hydrogen-bond donors (Lipinski definition) is 0. The molecule has 0 radical (unpaired) electrons. The van der Waals surface area contributed by atoms with Gasteiger partial charge in [0, 0.05) is 21.0 Å². The van der Waals surface area contributed by atoms with E-state index in [1.165, 1.54) is 16.7 Å². The van der Waals surface area contributed by atoms with Crippen molar-refractivity contribution in [3.63, 3.8) is 0 Å². The Morgan fingerprint density at radius 2 is 1.96 bits per heavy atom. The molecule has 2 aromatic carbocycles. The molecule has 1 atom stereocenters. The van der Waals surface area contributed by atoms with Gasteiger partial charge in [0.1, 0.15) is 0 Å². The second-order valence-electron chi connectivity index (χ2n) is 7.31. The third kappa shape index (κ3) is 3.97. The van der Waals surface area contributed by atoms with Crippen molar-refractivity contribution < 1.29 is 4.79 Å². The van der Waals surface area contributed by atoms with Crippen LogP contribution in [0.5, 0.6) is 0 Å². The zero-order chi connectivity index (χ0) is 18.8. The summed E-state index contributed by atoms with van der Waals surface area (Å²) in [5.41, 5.74) is 5.66. The van der Waals surface area contributed by atoms with E-state index in [0.29, 0.717) is 5.92 Å². The summed E-state index contributed by atoms with van der Waals surface area (Å²) in [6.07, 6.45) is 4.60. The number of aryl methyl sites for hydroxylation is 1. The Morgan fingerprint density at radius 1 is 1.19 bits per heavy atom. The van der Waals surface area contributed by atoms with Crippen molar-refractivity contribution in [3.8, 4) is 0 Å². The van der Waals surface area contributed by atoms with Gasteiger partial charge in [0.2, 0.25) is 0 Å². The molecule has 0 aromatic heterocycles. The normalized spacial score (nSPS) is 17.3. The lowest BCUT2D eigenvalue weighted by atomic mass is 9.78. The lowest BCUT2D eigenvalue weighted by molar-refractivity contribution is -0.117. The number of hydrogen-bond acceptors (Lipinski definition) is 1. The number of allylic oxidation sites excluding steroid dienone is 2. The maximum atomic E-state index is 13.4. The SMILES string of the molecule is C/C=C(/C(=O)C1CCc2ccc(Cl)cc2C1)c1ccc(Br)cc1C(C)C. The van der Waals surface area contributed by atoms with Gasteiger partial charge in [-0.2, -0.15) is 0 Å². The Hall–Kier alpha value is -1.38. The molecule has 0 fully saturated rings. The van der Waals surface area contributed by atoms with Gasteiger partial charge in [-0.15, -0.1) is 0 Å². The number of halogens is 2. The van der Waals surface area contributed by atoms with E-state index < -0.39 is 0 Å². The van der Waals surface area contributed by atoms with E-state index in [1.54, 1.807) is 0 Å². The molecule has 3 rings (SSSR count). The number of rotatable bonds is 4. The summed E-state index contributed by atoms with van der Waals surface area (Å²) in [7, 11) is 0. The summed E-state index contributed by atoms with van der Waals surface area (Å²) in [6.45, 7) is 6.30. The maximum absolute atomic E-state index is 13.4. The third-order valence-electron chi connectivity index (χ3n) is 5.25. The van der Waals surface area contributed by atoms with Crippen LogP contribution in [-0.2, 0) is 17.6 Å². The van der Waals surface area contributed by atoms with E-state index in [-0.39, 0.29) is 11.7 Å². The van der Waals surface area contributed by atoms with Crippen LogP contribution in [0.2, 0.25) is 5.02 Å². The molecular formula is C23H24BrClO. The first kappa shape index (κ1) is 19.4. The van der Waals surface area contributed by atoms with E-state index in [9.17, 15) is 4.79 Å². The van der Waals surface area contributed by atoms with Crippen LogP contribution in [-0.4, -0.2) is 5.78 Å². The van der Waals surface area contributed by atoms with Gasteiger partial charge in [0.25, 0.3) is 0 Å². The molecule has 1 aliphatic carbocycles. The highest BCUT2D eigenvalue weighted by atomic mass is 79.9. The highest BCUT2D eigenvalue weighted by Crippen LogP contribution is 2.35. The first-order valence-corrected chi connectivity index (χ1v) is 10.4. The summed E-state index contributed by atoms with van der Waals surface area (Å²) in [5.74, 6) is 0.634. The molecule has 0 N–H and O–H groups in total. The smallest absolute Gasteiger partial charge is 0.166 e. The van der Waals surface area contributed by atoms with Gasteiger partial charge < -0.3 is 0 Å². The minimum atomic E-state index is 0.0239. The van der Waals surface area contributed by atoms with Crippen LogP contribution in [0, 0.1) is 5.92 Å². The van der Waals surface area contributed by atoms with Crippen LogP contribution >= 0.6 is 27.5 Å². The van der Waals surface area contributed by atoms with Gasteiger partial charge in [0.15, 0.2) is 5.78 Å². The predicted octanol–water partition coefficient (Wildman–Crippen LogP) is 7.00. The minimum Gasteiger partial charge on any atom is -0.294 e. The molecule has 136 valence electrons. The fraction of sp³-hybridized carbons (Fsp3) is 0.348. The fourth-order valence-electron chi connectivity index (χ4n) is 3.86. The Balaban J connectivity index is 1.92. The first-order valence-electron chi connectivity index (χ1n) is 9.18. The lowest BCUT2D eigenvalue weighted by Gasteiger charge is -2.25. The highest BCUT2D eigenvalue weighted by molar-refractivity contribution is 9.10. The maximum Gasteiger partial charge on any atom is 0.166 e. The molecule has 0 saturated carbocycles. The molecular weight excluding hydrogens is 408 g/mol. The largest absolute Gasteiger partial charge is 0.294 e. The Labute approximate surface area is 169 Å². The van der Waals surface area contributed by atoms with E-state index in [4.69, 9.17) is 11.6 Å². The summed E-state index contributed by atoms with van der Waals surface area (Å²) < 4.78 is 1.05. The number of fused-ring (bicyclic) bond motifs is 1. The van der Waals surface area contributed by atoms with Crippen molar-refractivity contribution in [1.82, 2.24) is 0 Å². The standard InChI is InChI=1S/C23H24BrClO/c1-4-20(21-10-8-18(24)13-22(21)14(2)3)23(26)16-6-5-15-7-9-19(25)12-17(15)11-16/h4,7-10,12-14,16H,5-6,11H2,1-3H3/b20-4+. The van der Waals surface area contributed by atoms with Crippen LogP contribution in [0.25, 0.3) is 5.57 Å². The van der Waals surface area contributed by atoms with Gasteiger partial charge >= 0.3 is 0 Å². The Kier molecular flexibility index (Phi) is 6.04. The first-order chi connectivity index (χ1) is 12.4. The zero-order valence-corrected chi connectivity index (χ0v) is 17.8. The van der Waals surface area contributed by atoms with Gasteiger partial charge in [-0.3, -0.25) is 4.79 Å². The van der Waals surface area contributed by atoms with Crippen molar-refractivity contribution in [1.29, 1.82) is 0 Å². The third-order valence-corrected chi connectivity index (χ3v) is 5.98. The van der Waals surface area contributed by atoms with Crippen molar-refractivity contribution in [2.75, 3.05) is 0 Å². The monoisotopic (exact) mass is 430 g/mol. The average Bonchev–Trinajstić information content (AvgIpc) is 2.62. The summed E-state index contributed by atoms with van der Waals surface area (Å²) in [6, 6.07) is 12.3. The molecule has 1 nitrogen and oxygen atoms in total. The van der Waals surface area contributed by atoms with Crippen LogP contribution in [0.4, 0.5) is 0 Å². The minimum absolute atomic E-state index is 0.0239. The van der Waals surface area contributed by atoms with Gasteiger partial charge in [-0.1, -0.05) is 59.6 Å². The Morgan fingerprint density at radius 3 is 2.65 bits per heavy atom. The zero-order valence-electron chi connectivity index (χ0n) is 15.5. The van der Waals surface area contributed by atoms with Gasteiger partial charge in [-0.05, 0) is 78.6 Å².